The molecule has 10 heteroatoms. The molecule has 2 heterocycles. The molecule has 10 nitrogen and oxygen atoms in total. The number of benzene rings is 4. The van der Waals surface area contributed by atoms with E-state index in [0.29, 0.717) is 40.5 Å². The minimum absolute atomic E-state index is 0.340. The van der Waals surface area contributed by atoms with Crippen LogP contribution in [-0.4, -0.2) is 78.8 Å². The molecule has 1 aromatic heterocycles. The first kappa shape index (κ1) is 37.2. The molecule has 1 aliphatic rings. The van der Waals surface area contributed by atoms with Crippen LogP contribution in [0.25, 0.3) is 22.3 Å². The van der Waals surface area contributed by atoms with Crippen LogP contribution in [-0.2, 0) is 13.1 Å². The van der Waals surface area contributed by atoms with Gasteiger partial charge in [0.2, 0.25) is 11.5 Å². The highest BCUT2D eigenvalue weighted by atomic mass is 16.5. The smallest absolute Gasteiger partial charge is 0.203 e. The molecule has 1 aliphatic heterocycles. The minimum atomic E-state index is 0.340. The van der Waals surface area contributed by atoms with Crippen molar-refractivity contribution in [3.05, 3.63) is 102 Å². The standard InChI is InChI=1S/C43H49N3O7/c1-47-37-13-9-12-36(24-37)46(28-29-10-8-11-31(18-29)32-20-38(48-2)42(52-6)39(21-32)49-3)35-14-16-45(17-15-35)27-30-19-34(26-44-25-30)33-22-40(50-4)43(53-7)41(23-33)51-5/h8-13,18-26,35H,14-17,27-28H2,1-7H3. The molecule has 1 fully saturated rings. The van der Waals surface area contributed by atoms with Gasteiger partial charge in [0.05, 0.1) is 49.8 Å². The molecule has 0 radical (unpaired) electrons. The number of hydrogen-bond acceptors (Lipinski definition) is 10. The number of piperidine rings is 1. The minimum Gasteiger partial charge on any atom is -0.497 e. The van der Waals surface area contributed by atoms with Gasteiger partial charge in [-0.1, -0.05) is 24.3 Å². The Morgan fingerprint density at radius 2 is 1.13 bits per heavy atom. The normalized spacial score (nSPS) is 13.3. The summed E-state index contributed by atoms with van der Waals surface area (Å²) in [7, 11) is 11.5. The Labute approximate surface area is 312 Å². The Balaban J connectivity index is 1.20. The van der Waals surface area contributed by atoms with E-state index in [4.69, 9.17) is 33.2 Å². The van der Waals surface area contributed by atoms with Crippen LogP contribution in [0.4, 0.5) is 5.69 Å². The van der Waals surface area contributed by atoms with Crippen molar-refractivity contribution >= 4 is 5.69 Å². The molecule has 6 rings (SSSR count). The third kappa shape index (κ3) is 8.39. The molecule has 53 heavy (non-hydrogen) atoms. The maximum atomic E-state index is 5.65. The van der Waals surface area contributed by atoms with E-state index in [0.717, 1.165) is 78.3 Å². The molecular formula is C43H49N3O7. The zero-order chi connectivity index (χ0) is 37.3. The molecular weight excluding hydrogens is 670 g/mol. The van der Waals surface area contributed by atoms with Crippen molar-refractivity contribution < 1.29 is 33.2 Å². The summed E-state index contributed by atoms with van der Waals surface area (Å²) >= 11 is 0. The van der Waals surface area contributed by atoms with Crippen LogP contribution in [0.1, 0.15) is 24.0 Å². The fraction of sp³-hybridized carbons (Fsp3) is 0.326. The van der Waals surface area contributed by atoms with Gasteiger partial charge in [0, 0.05) is 61.9 Å². The van der Waals surface area contributed by atoms with Crippen LogP contribution in [0.5, 0.6) is 40.2 Å². The van der Waals surface area contributed by atoms with Gasteiger partial charge in [-0.25, -0.2) is 0 Å². The van der Waals surface area contributed by atoms with Crippen LogP contribution in [0.3, 0.4) is 0 Å². The maximum absolute atomic E-state index is 5.65. The highest BCUT2D eigenvalue weighted by molar-refractivity contribution is 5.72. The molecule has 0 saturated carbocycles. The molecule has 0 unspecified atom stereocenters. The average Bonchev–Trinajstić information content (AvgIpc) is 3.22. The van der Waals surface area contributed by atoms with Gasteiger partial charge < -0.3 is 38.1 Å². The Morgan fingerprint density at radius 1 is 0.566 bits per heavy atom. The largest absolute Gasteiger partial charge is 0.497 e. The molecule has 278 valence electrons. The Kier molecular flexibility index (Phi) is 12.1. The predicted octanol–water partition coefficient (Wildman–Crippen LogP) is 8.15. The lowest BCUT2D eigenvalue weighted by Crippen LogP contribution is -2.44. The lowest BCUT2D eigenvalue weighted by molar-refractivity contribution is 0.200. The average molecular weight is 720 g/mol. The molecule has 0 aliphatic carbocycles. The first-order chi connectivity index (χ1) is 25.9. The number of pyridine rings is 1. The summed E-state index contributed by atoms with van der Waals surface area (Å²) in [6.07, 6.45) is 5.86. The monoisotopic (exact) mass is 719 g/mol. The number of hydrogen-bond donors (Lipinski definition) is 0. The third-order valence-corrected chi connectivity index (χ3v) is 9.86. The Hall–Kier alpha value is -5.61. The summed E-state index contributed by atoms with van der Waals surface area (Å²) < 4.78 is 39.2. The van der Waals surface area contributed by atoms with Gasteiger partial charge in [-0.2, -0.15) is 0 Å². The lowest BCUT2D eigenvalue weighted by Gasteiger charge is -2.40. The van der Waals surface area contributed by atoms with E-state index in [1.165, 1.54) is 5.56 Å². The second-order valence-corrected chi connectivity index (χ2v) is 12.9. The molecule has 4 aromatic carbocycles. The summed E-state index contributed by atoms with van der Waals surface area (Å²) in [6, 6.07) is 27.5. The van der Waals surface area contributed by atoms with E-state index < -0.39 is 0 Å². The number of likely N-dealkylation sites (tertiary alicyclic amines) is 1. The fourth-order valence-corrected chi connectivity index (χ4v) is 7.14. The summed E-state index contributed by atoms with van der Waals surface area (Å²) in [5.41, 5.74) is 7.52. The third-order valence-electron chi connectivity index (χ3n) is 9.86. The number of aromatic nitrogens is 1. The van der Waals surface area contributed by atoms with Crippen LogP contribution in [0.15, 0.2) is 91.3 Å². The van der Waals surface area contributed by atoms with Crippen molar-refractivity contribution in [3.8, 4) is 62.5 Å². The topological polar surface area (TPSA) is 84.0 Å². The van der Waals surface area contributed by atoms with Crippen molar-refractivity contribution in [2.24, 2.45) is 0 Å². The lowest BCUT2D eigenvalue weighted by atomic mass is 9.98. The first-order valence-electron chi connectivity index (χ1n) is 17.7. The molecule has 0 amide bonds. The Bertz CT molecular complexity index is 1940. The van der Waals surface area contributed by atoms with Gasteiger partial charge in [0.1, 0.15) is 5.75 Å². The number of methoxy groups -OCH3 is 7. The van der Waals surface area contributed by atoms with Crippen molar-refractivity contribution in [1.29, 1.82) is 0 Å². The van der Waals surface area contributed by atoms with Gasteiger partial charge in [-0.3, -0.25) is 9.88 Å². The SMILES string of the molecule is COc1cccc(N(Cc2cccc(-c3cc(OC)c(OC)c(OC)c3)c2)C2CCN(Cc3cncc(-c4cc(OC)c(OC)c(OC)c4)c3)CC2)c1. The quantitative estimate of drug-likeness (QED) is 0.106. The summed E-state index contributed by atoms with van der Waals surface area (Å²) in [5.74, 6) is 4.47. The summed E-state index contributed by atoms with van der Waals surface area (Å²) in [5, 5.41) is 0. The van der Waals surface area contributed by atoms with Gasteiger partial charge in [0.15, 0.2) is 23.0 Å². The van der Waals surface area contributed by atoms with Crippen molar-refractivity contribution in [3.63, 3.8) is 0 Å². The van der Waals surface area contributed by atoms with E-state index in [1.807, 2.05) is 42.7 Å². The second kappa shape index (κ2) is 17.3. The summed E-state index contributed by atoms with van der Waals surface area (Å²) in [6.45, 7) is 3.49. The van der Waals surface area contributed by atoms with E-state index in [2.05, 4.69) is 63.3 Å². The highest BCUT2D eigenvalue weighted by Crippen LogP contribution is 2.43. The molecule has 1 saturated heterocycles. The van der Waals surface area contributed by atoms with E-state index in [1.54, 1.807) is 49.8 Å². The first-order valence-corrected chi connectivity index (χ1v) is 17.7. The second-order valence-electron chi connectivity index (χ2n) is 12.9. The summed E-state index contributed by atoms with van der Waals surface area (Å²) in [4.78, 5) is 9.65. The number of anilines is 1. The zero-order valence-electron chi connectivity index (χ0n) is 31.7. The van der Waals surface area contributed by atoms with Crippen LogP contribution < -0.4 is 38.1 Å². The number of nitrogens with zero attached hydrogens (tertiary/aromatic N) is 3. The van der Waals surface area contributed by atoms with E-state index in [9.17, 15) is 0 Å². The molecule has 0 N–H and O–H groups in total. The van der Waals surface area contributed by atoms with Crippen LogP contribution in [0.2, 0.25) is 0 Å². The van der Waals surface area contributed by atoms with Gasteiger partial charge in [0.25, 0.3) is 0 Å². The zero-order valence-corrected chi connectivity index (χ0v) is 31.7. The maximum Gasteiger partial charge on any atom is 0.203 e. The highest BCUT2D eigenvalue weighted by Gasteiger charge is 2.26. The molecule has 0 spiro atoms. The van der Waals surface area contributed by atoms with E-state index >= 15 is 0 Å². The predicted molar refractivity (Wildman–Crippen MR) is 208 cm³/mol. The van der Waals surface area contributed by atoms with E-state index in [-0.39, 0.29) is 0 Å². The van der Waals surface area contributed by atoms with Crippen molar-refractivity contribution in [2.75, 3.05) is 67.8 Å². The van der Waals surface area contributed by atoms with Crippen molar-refractivity contribution in [1.82, 2.24) is 9.88 Å². The van der Waals surface area contributed by atoms with Crippen LogP contribution >= 0.6 is 0 Å². The Morgan fingerprint density at radius 3 is 1.70 bits per heavy atom. The fourth-order valence-electron chi connectivity index (χ4n) is 7.14. The molecule has 0 bridgehead atoms. The van der Waals surface area contributed by atoms with Gasteiger partial charge in [-0.05, 0) is 89.2 Å². The van der Waals surface area contributed by atoms with Crippen molar-refractivity contribution in [2.45, 2.75) is 32.0 Å². The molecule has 5 aromatic rings. The molecule has 0 atom stereocenters. The van der Waals surface area contributed by atoms with Gasteiger partial charge >= 0.3 is 0 Å². The van der Waals surface area contributed by atoms with Crippen LogP contribution in [0, 0.1) is 0 Å². The number of ether oxygens (including phenoxy) is 7. The van der Waals surface area contributed by atoms with Gasteiger partial charge in [-0.15, -0.1) is 0 Å². The number of rotatable bonds is 15.